The Morgan fingerprint density at radius 2 is 0.639 bits per heavy atom. The molecule has 1 nitrogen and oxygen atoms in total. The van der Waals surface area contributed by atoms with Crippen LogP contribution >= 0.6 is 16.1 Å². The summed E-state index contributed by atoms with van der Waals surface area (Å²) in [5.41, 5.74) is 5.85. The molecule has 4 rings (SSSR count). The summed E-state index contributed by atoms with van der Waals surface area (Å²) in [6.07, 6.45) is 4.19. The van der Waals surface area contributed by atoms with Crippen molar-refractivity contribution in [1.82, 2.24) is 4.44 Å². The number of rotatable bonds is 10. The third kappa shape index (κ3) is 5.50. The molecular weight excluding hydrogens is 472 g/mol. The quantitative estimate of drug-likeness (QED) is 0.203. The molecule has 3 heteroatoms. The molecule has 0 atom stereocenters. The van der Waals surface area contributed by atoms with Crippen LogP contribution in [0.5, 0.6) is 0 Å². The summed E-state index contributed by atoms with van der Waals surface area (Å²) >= 11 is 0. The maximum absolute atomic E-state index is 2.77. The molecule has 0 aliphatic rings. The van der Waals surface area contributed by atoms with Crippen molar-refractivity contribution in [2.75, 3.05) is 7.05 Å². The van der Waals surface area contributed by atoms with Gasteiger partial charge in [-0.3, -0.25) is 0 Å². The van der Waals surface area contributed by atoms with Crippen LogP contribution in [0.25, 0.3) is 0 Å². The highest BCUT2D eigenvalue weighted by Gasteiger charge is 2.32. The highest BCUT2D eigenvalue weighted by Crippen LogP contribution is 2.54. The number of hydrogen-bond donors (Lipinski definition) is 0. The van der Waals surface area contributed by atoms with Crippen LogP contribution in [0.4, 0.5) is 0 Å². The Morgan fingerprint density at radius 3 is 0.861 bits per heavy atom. The Labute approximate surface area is 221 Å². The highest BCUT2D eigenvalue weighted by molar-refractivity contribution is 7.84. The van der Waals surface area contributed by atoms with E-state index in [1.807, 2.05) is 0 Å². The largest absolute Gasteiger partial charge is 0.248 e. The summed E-state index contributed by atoms with van der Waals surface area (Å²) in [6.45, 7) is 9.17. The van der Waals surface area contributed by atoms with Crippen LogP contribution < -0.4 is 21.2 Å². The maximum atomic E-state index is 2.77. The van der Waals surface area contributed by atoms with E-state index in [1.54, 1.807) is 0 Å². The van der Waals surface area contributed by atoms with Gasteiger partial charge < -0.3 is 0 Å². The maximum Gasteiger partial charge on any atom is 0.0326 e. The Bertz CT molecular complexity index is 1090. The molecule has 0 aromatic heterocycles. The molecule has 0 heterocycles. The SMILES string of the molecule is CCc1ccccc1P(c1ccccc1CC)N(C)P(c1ccccc1CC)c1ccccc1CC. The molecule has 0 N–H and O–H groups in total. The molecule has 0 aliphatic heterocycles. The molecule has 0 aliphatic carbocycles. The van der Waals surface area contributed by atoms with Crippen molar-refractivity contribution in [2.24, 2.45) is 0 Å². The molecule has 4 aromatic carbocycles. The van der Waals surface area contributed by atoms with Crippen LogP contribution in [0.1, 0.15) is 49.9 Å². The third-order valence-corrected chi connectivity index (χ3v) is 12.8. The minimum atomic E-state index is -0.725. The van der Waals surface area contributed by atoms with Gasteiger partial charge in [-0.25, -0.2) is 4.44 Å². The van der Waals surface area contributed by atoms with Crippen LogP contribution in [0.15, 0.2) is 97.1 Å². The second kappa shape index (κ2) is 12.8. The zero-order valence-electron chi connectivity index (χ0n) is 22.4. The van der Waals surface area contributed by atoms with Gasteiger partial charge in [0, 0.05) is 16.1 Å². The van der Waals surface area contributed by atoms with E-state index in [0.717, 1.165) is 25.7 Å². The van der Waals surface area contributed by atoms with Gasteiger partial charge in [0.2, 0.25) is 0 Å². The zero-order chi connectivity index (χ0) is 25.5. The lowest BCUT2D eigenvalue weighted by Gasteiger charge is -2.39. The predicted octanol–water partition coefficient (Wildman–Crippen LogP) is 7.26. The molecule has 0 spiro atoms. The van der Waals surface area contributed by atoms with Crippen LogP contribution in [-0.4, -0.2) is 11.5 Å². The van der Waals surface area contributed by atoms with E-state index in [4.69, 9.17) is 0 Å². The van der Waals surface area contributed by atoms with Gasteiger partial charge in [0.05, 0.1) is 0 Å². The van der Waals surface area contributed by atoms with Crippen molar-refractivity contribution in [3.63, 3.8) is 0 Å². The van der Waals surface area contributed by atoms with Crippen LogP contribution in [0, 0.1) is 0 Å². The molecule has 0 amide bonds. The highest BCUT2D eigenvalue weighted by atomic mass is 31.2. The topological polar surface area (TPSA) is 3.24 Å². The molecule has 36 heavy (non-hydrogen) atoms. The first kappa shape index (κ1) is 26.8. The van der Waals surface area contributed by atoms with Gasteiger partial charge in [0.15, 0.2) is 0 Å². The van der Waals surface area contributed by atoms with E-state index < -0.39 is 16.1 Å². The Morgan fingerprint density at radius 1 is 0.417 bits per heavy atom. The van der Waals surface area contributed by atoms with Crippen molar-refractivity contribution < 1.29 is 0 Å². The lowest BCUT2D eigenvalue weighted by molar-refractivity contribution is 0.908. The van der Waals surface area contributed by atoms with Crippen LogP contribution in [0.3, 0.4) is 0 Å². The molecule has 0 unspecified atom stereocenters. The molecule has 0 fully saturated rings. The number of nitrogens with zero attached hydrogens (tertiary/aromatic N) is 1. The zero-order valence-corrected chi connectivity index (χ0v) is 24.2. The van der Waals surface area contributed by atoms with Crippen molar-refractivity contribution >= 4 is 37.4 Å². The summed E-state index contributed by atoms with van der Waals surface area (Å²) in [5.74, 6) is 0. The van der Waals surface area contributed by atoms with E-state index in [0.29, 0.717) is 0 Å². The van der Waals surface area contributed by atoms with Gasteiger partial charge in [-0.05, 0) is 76.2 Å². The molecule has 0 saturated heterocycles. The Balaban J connectivity index is 2.01. The second-order valence-electron chi connectivity index (χ2n) is 9.04. The Hall–Kier alpha value is -2.30. The van der Waals surface area contributed by atoms with Gasteiger partial charge in [-0.2, -0.15) is 0 Å². The van der Waals surface area contributed by atoms with E-state index >= 15 is 0 Å². The average molecular weight is 512 g/mol. The summed E-state index contributed by atoms with van der Waals surface area (Å²) in [7, 11) is 0.949. The molecule has 0 saturated carbocycles. The fourth-order valence-electron chi connectivity index (χ4n) is 5.04. The molecule has 0 radical (unpaired) electrons. The first-order valence-corrected chi connectivity index (χ1v) is 15.9. The number of benzene rings is 4. The summed E-state index contributed by atoms with van der Waals surface area (Å²) < 4.78 is 2.77. The summed E-state index contributed by atoms with van der Waals surface area (Å²) in [6, 6.07) is 36.6. The molecule has 0 bridgehead atoms. The normalized spacial score (nSPS) is 11.6. The van der Waals surface area contributed by atoms with E-state index in [2.05, 4.69) is 136 Å². The van der Waals surface area contributed by atoms with E-state index in [9.17, 15) is 0 Å². The fraction of sp³-hybridized carbons (Fsp3) is 0.273. The third-order valence-electron chi connectivity index (χ3n) is 6.98. The monoisotopic (exact) mass is 511 g/mol. The van der Waals surface area contributed by atoms with Gasteiger partial charge in [0.1, 0.15) is 0 Å². The van der Waals surface area contributed by atoms with Crippen LogP contribution in [-0.2, 0) is 25.7 Å². The Kier molecular flexibility index (Phi) is 9.50. The molecule has 186 valence electrons. The molecular formula is C33H39NP2. The summed E-state index contributed by atoms with van der Waals surface area (Å²) in [5, 5.41) is 5.98. The lowest BCUT2D eigenvalue weighted by Crippen LogP contribution is -2.33. The summed E-state index contributed by atoms with van der Waals surface area (Å²) in [4.78, 5) is 0. The lowest BCUT2D eigenvalue weighted by atomic mass is 10.2. The fourth-order valence-corrected chi connectivity index (χ4v) is 11.6. The first-order valence-electron chi connectivity index (χ1n) is 13.3. The smallest absolute Gasteiger partial charge is 0.0326 e. The predicted molar refractivity (Wildman–Crippen MR) is 163 cm³/mol. The average Bonchev–Trinajstić information content (AvgIpc) is 2.94. The minimum Gasteiger partial charge on any atom is -0.248 e. The van der Waals surface area contributed by atoms with Crippen molar-refractivity contribution in [1.29, 1.82) is 0 Å². The van der Waals surface area contributed by atoms with Crippen molar-refractivity contribution in [3.05, 3.63) is 119 Å². The van der Waals surface area contributed by atoms with Gasteiger partial charge >= 0.3 is 0 Å². The van der Waals surface area contributed by atoms with Gasteiger partial charge in [-0.1, -0.05) is 125 Å². The van der Waals surface area contributed by atoms with Crippen LogP contribution in [0.2, 0.25) is 0 Å². The second-order valence-corrected chi connectivity index (χ2v) is 13.7. The number of hydrogen-bond acceptors (Lipinski definition) is 1. The first-order chi connectivity index (χ1) is 17.6. The van der Waals surface area contributed by atoms with Crippen molar-refractivity contribution in [3.8, 4) is 0 Å². The standard InChI is InChI=1S/C33H39NP2/c1-6-26-18-10-14-22-30(26)35(31-23-15-11-19-27(31)7-2)34(5)36(32-24-16-12-20-28(32)8-3)33-25-17-13-21-29(33)9-4/h10-25H,6-9H2,1-5H3. The van der Waals surface area contributed by atoms with E-state index in [-0.39, 0.29) is 0 Å². The minimum absolute atomic E-state index is 0.725. The van der Waals surface area contributed by atoms with Gasteiger partial charge in [-0.15, -0.1) is 0 Å². The molecule has 4 aromatic rings. The van der Waals surface area contributed by atoms with E-state index in [1.165, 1.54) is 43.5 Å². The van der Waals surface area contributed by atoms with Crippen molar-refractivity contribution in [2.45, 2.75) is 53.4 Å². The number of aryl methyl sites for hydroxylation is 4. The van der Waals surface area contributed by atoms with Gasteiger partial charge in [0.25, 0.3) is 0 Å².